The molecule has 0 aromatic rings. The minimum absolute atomic E-state index is 0.134. The van der Waals surface area contributed by atoms with Crippen LogP contribution in [0.2, 0.25) is 0 Å². The van der Waals surface area contributed by atoms with Gasteiger partial charge in [-0.1, -0.05) is 12.8 Å². The zero-order valence-electron chi connectivity index (χ0n) is 9.37. The molecule has 0 aliphatic heterocycles. The Morgan fingerprint density at radius 3 is 2.67 bits per heavy atom. The Hall–Kier alpha value is -0.380. The first kappa shape index (κ1) is 12.7. The SMILES string of the molecule is CS(=O)(=O)CCCC1CCCCCC1=O. The summed E-state index contributed by atoms with van der Waals surface area (Å²) < 4.78 is 21.9. The second-order valence-corrected chi connectivity index (χ2v) is 6.79. The van der Waals surface area contributed by atoms with Crippen LogP contribution in [0.5, 0.6) is 0 Å². The maximum absolute atomic E-state index is 11.6. The lowest BCUT2D eigenvalue weighted by Gasteiger charge is -2.11. The first-order valence-corrected chi connectivity index (χ1v) is 7.75. The summed E-state index contributed by atoms with van der Waals surface area (Å²) in [4.78, 5) is 11.6. The fraction of sp³-hybridized carbons (Fsp3) is 0.909. The van der Waals surface area contributed by atoms with Crippen molar-refractivity contribution in [2.45, 2.75) is 44.9 Å². The summed E-state index contributed by atoms with van der Waals surface area (Å²) in [5, 5.41) is 0. The van der Waals surface area contributed by atoms with Gasteiger partial charge in [0, 0.05) is 24.3 Å². The van der Waals surface area contributed by atoms with Crippen molar-refractivity contribution < 1.29 is 13.2 Å². The van der Waals surface area contributed by atoms with Gasteiger partial charge in [-0.25, -0.2) is 8.42 Å². The Kier molecular flexibility index (Phi) is 4.77. The highest BCUT2D eigenvalue weighted by atomic mass is 32.2. The highest BCUT2D eigenvalue weighted by molar-refractivity contribution is 7.90. The fourth-order valence-corrected chi connectivity index (χ4v) is 2.82. The van der Waals surface area contributed by atoms with Crippen LogP contribution in [0, 0.1) is 5.92 Å². The molecule has 1 aliphatic rings. The maximum atomic E-state index is 11.6. The number of hydrogen-bond acceptors (Lipinski definition) is 3. The third-order valence-electron chi connectivity index (χ3n) is 3.00. The van der Waals surface area contributed by atoms with Crippen LogP contribution in [0.25, 0.3) is 0 Å². The van der Waals surface area contributed by atoms with Gasteiger partial charge in [0.2, 0.25) is 0 Å². The highest BCUT2D eigenvalue weighted by Crippen LogP contribution is 2.23. The molecule has 0 bridgehead atoms. The molecule has 1 atom stereocenters. The number of hydrogen-bond donors (Lipinski definition) is 0. The van der Waals surface area contributed by atoms with Gasteiger partial charge in [0.25, 0.3) is 0 Å². The monoisotopic (exact) mass is 232 g/mol. The normalized spacial score (nSPS) is 23.8. The van der Waals surface area contributed by atoms with Crippen LogP contribution in [-0.2, 0) is 14.6 Å². The Morgan fingerprint density at radius 2 is 2.00 bits per heavy atom. The van der Waals surface area contributed by atoms with Crippen molar-refractivity contribution in [2.24, 2.45) is 5.92 Å². The van der Waals surface area contributed by atoms with E-state index in [9.17, 15) is 13.2 Å². The average molecular weight is 232 g/mol. The molecule has 1 fully saturated rings. The third-order valence-corrected chi connectivity index (χ3v) is 4.03. The van der Waals surface area contributed by atoms with Crippen LogP contribution < -0.4 is 0 Å². The first-order chi connectivity index (χ1) is 6.99. The van der Waals surface area contributed by atoms with E-state index in [0.29, 0.717) is 18.6 Å². The van der Waals surface area contributed by atoms with Crippen molar-refractivity contribution in [3.05, 3.63) is 0 Å². The molecule has 0 amide bonds. The predicted molar refractivity (Wildman–Crippen MR) is 60.5 cm³/mol. The quantitative estimate of drug-likeness (QED) is 0.696. The van der Waals surface area contributed by atoms with Crippen LogP contribution in [0.3, 0.4) is 0 Å². The second-order valence-electron chi connectivity index (χ2n) is 4.53. The molecule has 15 heavy (non-hydrogen) atoms. The van der Waals surface area contributed by atoms with E-state index < -0.39 is 9.84 Å². The second kappa shape index (κ2) is 5.64. The fourth-order valence-electron chi connectivity index (χ4n) is 2.13. The summed E-state index contributed by atoms with van der Waals surface area (Å²) in [7, 11) is -2.86. The number of carbonyl (C=O) groups excluding carboxylic acids is 1. The lowest BCUT2D eigenvalue weighted by molar-refractivity contribution is -0.122. The smallest absolute Gasteiger partial charge is 0.147 e. The summed E-state index contributed by atoms with van der Waals surface area (Å²) in [6, 6.07) is 0. The van der Waals surface area contributed by atoms with E-state index in [-0.39, 0.29) is 11.7 Å². The van der Waals surface area contributed by atoms with Gasteiger partial charge in [-0.2, -0.15) is 0 Å². The van der Waals surface area contributed by atoms with Gasteiger partial charge >= 0.3 is 0 Å². The van der Waals surface area contributed by atoms with Crippen LogP contribution in [0.4, 0.5) is 0 Å². The largest absolute Gasteiger partial charge is 0.299 e. The standard InChI is InChI=1S/C11H20O3S/c1-15(13,14)9-5-7-10-6-3-2-4-8-11(10)12/h10H,2-9H2,1H3. The van der Waals surface area contributed by atoms with E-state index in [0.717, 1.165) is 32.1 Å². The van der Waals surface area contributed by atoms with E-state index in [1.807, 2.05) is 0 Å². The van der Waals surface area contributed by atoms with E-state index in [1.165, 1.54) is 6.26 Å². The first-order valence-electron chi connectivity index (χ1n) is 5.69. The molecule has 0 saturated heterocycles. The van der Waals surface area contributed by atoms with Crippen molar-refractivity contribution >= 4 is 15.6 Å². The molecule has 3 nitrogen and oxygen atoms in total. The van der Waals surface area contributed by atoms with Gasteiger partial charge in [0.05, 0.1) is 0 Å². The van der Waals surface area contributed by atoms with Gasteiger partial charge in [-0.3, -0.25) is 4.79 Å². The van der Waals surface area contributed by atoms with Crippen molar-refractivity contribution in [1.29, 1.82) is 0 Å². The average Bonchev–Trinajstić information content (AvgIpc) is 2.30. The topological polar surface area (TPSA) is 51.2 Å². The number of rotatable bonds is 4. The van der Waals surface area contributed by atoms with Crippen molar-refractivity contribution in [2.75, 3.05) is 12.0 Å². The summed E-state index contributed by atoms with van der Waals surface area (Å²) in [6.45, 7) is 0. The van der Waals surface area contributed by atoms with E-state index in [2.05, 4.69) is 0 Å². The summed E-state index contributed by atoms with van der Waals surface area (Å²) >= 11 is 0. The zero-order valence-corrected chi connectivity index (χ0v) is 10.2. The number of carbonyl (C=O) groups is 1. The molecule has 1 rings (SSSR count). The van der Waals surface area contributed by atoms with Crippen LogP contribution in [0.15, 0.2) is 0 Å². The zero-order chi connectivity index (χ0) is 11.3. The minimum Gasteiger partial charge on any atom is -0.299 e. The van der Waals surface area contributed by atoms with Gasteiger partial charge in [-0.05, 0) is 25.7 Å². The number of sulfone groups is 1. The molecule has 1 aliphatic carbocycles. The van der Waals surface area contributed by atoms with Crippen LogP contribution >= 0.6 is 0 Å². The molecule has 1 saturated carbocycles. The minimum atomic E-state index is -2.86. The Labute approximate surface area is 92.2 Å². The van der Waals surface area contributed by atoms with Crippen molar-refractivity contribution in [3.63, 3.8) is 0 Å². The van der Waals surface area contributed by atoms with E-state index in [1.54, 1.807) is 0 Å². The van der Waals surface area contributed by atoms with Crippen LogP contribution in [-0.4, -0.2) is 26.2 Å². The Morgan fingerprint density at radius 1 is 1.27 bits per heavy atom. The molecule has 0 aromatic heterocycles. The maximum Gasteiger partial charge on any atom is 0.147 e. The molecule has 0 radical (unpaired) electrons. The molecule has 0 spiro atoms. The number of Topliss-reactive ketones (excluding diaryl/α,β-unsaturated/α-hetero) is 1. The van der Waals surface area contributed by atoms with Crippen molar-refractivity contribution in [1.82, 2.24) is 0 Å². The molecular formula is C11H20O3S. The van der Waals surface area contributed by atoms with E-state index in [4.69, 9.17) is 0 Å². The molecule has 0 N–H and O–H groups in total. The Bertz CT molecular complexity index is 306. The molecule has 4 heteroatoms. The highest BCUT2D eigenvalue weighted by Gasteiger charge is 2.20. The van der Waals surface area contributed by atoms with Gasteiger partial charge in [-0.15, -0.1) is 0 Å². The van der Waals surface area contributed by atoms with Crippen molar-refractivity contribution in [3.8, 4) is 0 Å². The van der Waals surface area contributed by atoms with E-state index >= 15 is 0 Å². The molecule has 0 aromatic carbocycles. The molecule has 88 valence electrons. The summed E-state index contributed by atoms with van der Waals surface area (Å²) in [5.41, 5.74) is 0. The van der Waals surface area contributed by atoms with Gasteiger partial charge < -0.3 is 0 Å². The summed E-state index contributed by atoms with van der Waals surface area (Å²) in [5.74, 6) is 0.701. The molecule has 0 heterocycles. The lowest BCUT2D eigenvalue weighted by Crippen LogP contribution is -2.14. The van der Waals surface area contributed by atoms with Gasteiger partial charge in [0.15, 0.2) is 0 Å². The number of ketones is 1. The Balaban J connectivity index is 2.33. The van der Waals surface area contributed by atoms with Crippen LogP contribution in [0.1, 0.15) is 44.9 Å². The van der Waals surface area contributed by atoms with Gasteiger partial charge in [0.1, 0.15) is 15.6 Å². The predicted octanol–water partition coefficient (Wildman–Crippen LogP) is 1.96. The third kappa shape index (κ3) is 5.30. The lowest BCUT2D eigenvalue weighted by atomic mass is 9.94. The summed E-state index contributed by atoms with van der Waals surface area (Å²) in [6.07, 6.45) is 7.58. The molecule has 1 unspecified atom stereocenters. The molecular weight excluding hydrogens is 212 g/mol.